The van der Waals surface area contributed by atoms with E-state index in [0.29, 0.717) is 40.7 Å². The van der Waals surface area contributed by atoms with Gasteiger partial charge in [-0.3, -0.25) is 4.79 Å². The number of thiazole rings is 1. The van der Waals surface area contributed by atoms with Crippen LogP contribution in [0.4, 0.5) is 5.69 Å². The zero-order valence-corrected chi connectivity index (χ0v) is 17.1. The molecular formula is C24H17N3O3S. The lowest BCUT2D eigenvalue weighted by Crippen LogP contribution is -2.11. The number of hydrogen-bond acceptors (Lipinski definition) is 6. The molecule has 0 bridgehead atoms. The normalized spacial score (nSPS) is 10.2. The van der Waals surface area contributed by atoms with Gasteiger partial charge < -0.3 is 14.8 Å². The molecule has 1 N–H and O–H groups in total. The number of para-hydroxylation sites is 1. The van der Waals surface area contributed by atoms with E-state index in [0.717, 1.165) is 5.69 Å². The molecular weight excluding hydrogens is 410 g/mol. The van der Waals surface area contributed by atoms with Crippen molar-refractivity contribution in [3.05, 3.63) is 101 Å². The summed E-state index contributed by atoms with van der Waals surface area (Å²) in [6.45, 7) is 0.391. The van der Waals surface area contributed by atoms with Crippen molar-refractivity contribution in [1.82, 2.24) is 4.98 Å². The number of anilines is 1. The zero-order valence-electron chi connectivity index (χ0n) is 16.3. The SMILES string of the molecule is N#Cc1ccccc1Oc1ccc(NC(=O)c2ccc(OCc3cscn3)cc2)cc1. The topological polar surface area (TPSA) is 84.2 Å². The van der Waals surface area contributed by atoms with Gasteiger partial charge in [0.15, 0.2) is 0 Å². The van der Waals surface area contributed by atoms with Crippen molar-refractivity contribution in [2.45, 2.75) is 6.61 Å². The van der Waals surface area contributed by atoms with Gasteiger partial charge in [0.1, 0.15) is 29.9 Å². The molecule has 1 heterocycles. The molecule has 0 unspecified atom stereocenters. The van der Waals surface area contributed by atoms with E-state index < -0.39 is 0 Å². The Morgan fingerprint density at radius 1 is 1.00 bits per heavy atom. The van der Waals surface area contributed by atoms with Gasteiger partial charge in [-0.05, 0) is 60.7 Å². The first-order valence-corrected chi connectivity index (χ1v) is 10.3. The second-order valence-electron chi connectivity index (χ2n) is 6.48. The standard InChI is InChI=1S/C24H17N3O3S/c25-13-18-3-1-2-4-23(18)30-22-11-7-19(8-12-22)27-24(28)17-5-9-21(10-6-17)29-14-20-15-31-16-26-20/h1-12,15-16H,14H2,(H,27,28). The van der Waals surface area contributed by atoms with Gasteiger partial charge in [-0.15, -0.1) is 11.3 Å². The predicted octanol–water partition coefficient (Wildman–Crippen LogP) is 5.64. The van der Waals surface area contributed by atoms with Crippen molar-refractivity contribution in [3.8, 4) is 23.3 Å². The van der Waals surface area contributed by atoms with Crippen LogP contribution in [0.5, 0.6) is 17.2 Å². The second kappa shape index (κ2) is 9.57. The quantitative estimate of drug-likeness (QED) is 0.413. The molecule has 152 valence electrons. The van der Waals surface area contributed by atoms with Gasteiger partial charge in [0, 0.05) is 16.6 Å². The fraction of sp³-hybridized carbons (Fsp3) is 0.0417. The van der Waals surface area contributed by atoms with Gasteiger partial charge in [-0.2, -0.15) is 5.26 Å². The minimum Gasteiger partial charge on any atom is -0.487 e. The smallest absolute Gasteiger partial charge is 0.255 e. The summed E-state index contributed by atoms with van der Waals surface area (Å²) in [6, 6.07) is 23.0. The van der Waals surface area contributed by atoms with Crippen LogP contribution in [0, 0.1) is 11.3 Å². The summed E-state index contributed by atoms with van der Waals surface area (Å²) < 4.78 is 11.4. The van der Waals surface area contributed by atoms with E-state index >= 15 is 0 Å². The van der Waals surface area contributed by atoms with E-state index in [1.807, 2.05) is 5.38 Å². The minimum atomic E-state index is -0.227. The first kappa shape index (κ1) is 20.1. The van der Waals surface area contributed by atoms with Crippen molar-refractivity contribution in [3.63, 3.8) is 0 Å². The summed E-state index contributed by atoms with van der Waals surface area (Å²) in [5, 5.41) is 13.9. The molecule has 0 spiro atoms. The number of amides is 1. The molecule has 0 atom stereocenters. The Bertz CT molecular complexity index is 1200. The Morgan fingerprint density at radius 3 is 2.45 bits per heavy atom. The van der Waals surface area contributed by atoms with Crippen LogP contribution in [0.2, 0.25) is 0 Å². The summed E-state index contributed by atoms with van der Waals surface area (Å²) in [4.78, 5) is 16.7. The Morgan fingerprint density at radius 2 is 1.74 bits per heavy atom. The van der Waals surface area contributed by atoms with Crippen molar-refractivity contribution in [2.75, 3.05) is 5.32 Å². The average Bonchev–Trinajstić information content (AvgIpc) is 3.33. The average molecular weight is 427 g/mol. The van der Waals surface area contributed by atoms with Crippen molar-refractivity contribution >= 4 is 22.9 Å². The number of ether oxygens (including phenoxy) is 2. The van der Waals surface area contributed by atoms with Crippen LogP contribution in [0.15, 0.2) is 83.7 Å². The van der Waals surface area contributed by atoms with Gasteiger partial charge >= 0.3 is 0 Å². The number of carbonyl (C=O) groups is 1. The molecule has 4 rings (SSSR count). The lowest BCUT2D eigenvalue weighted by Gasteiger charge is -2.09. The number of rotatable bonds is 7. The number of hydrogen-bond donors (Lipinski definition) is 1. The minimum absolute atomic E-state index is 0.227. The van der Waals surface area contributed by atoms with E-state index in [1.54, 1.807) is 78.3 Å². The highest BCUT2D eigenvalue weighted by atomic mass is 32.1. The number of carbonyl (C=O) groups excluding carboxylic acids is 1. The highest BCUT2D eigenvalue weighted by Gasteiger charge is 2.08. The molecule has 0 aliphatic rings. The van der Waals surface area contributed by atoms with Gasteiger partial charge in [0.2, 0.25) is 0 Å². The first-order valence-electron chi connectivity index (χ1n) is 9.39. The predicted molar refractivity (Wildman–Crippen MR) is 119 cm³/mol. The third-order valence-electron chi connectivity index (χ3n) is 4.33. The van der Waals surface area contributed by atoms with Crippen molar-refractivity contribution in [2.24, 2.45) is 0 Å². The molecule has 7 heteroatoms. The second-order valence-corrected chi connectivity index (χ2v) is 7.20. The largest absolute Gasteiger partial charge is 0.487 e. The lowest BCUT2D eigenvalue weighted by molar-refractivity contribution is 0.102. The third-order valence-corrected chi connectivity index (χ3v) is 4.97. The number of nitrogens with one attached hydrogen (secondary N) is 1. The summed E-state index contributed by atoms with van der Waals surface area (Å²) in [7, 11) is 0. The maximum absolute atomic E-state index is 12.5. The molecule has 0 saturated heterocycles. The molecule has 1 aromatic heterocycles. The van der Waals surface area contributed by atoms with Gasteiger partial charge in [0.25, 0.3) is 5.91 Å². The van der Waals surface area contributed by atoms with Crippen LogP contribution in [0.3, 0.4) is 0 Å². The summed E-state index contributed by atoms with van der Waals surface area (Å²) >= 11 is 1.52. The monoisotopic (exact) mass is 427 g/mol. The number of nitriles is 1. The molecule has 0 aliphatic carbocycles. The highest BCUT2D eigenvalue weighted by Crippen LogP contribution is 2.26. The molecule has 1 amide bonds. The van der Waals surface area contributed by atoms with Crippen LogP contribution >= 0.6 is 11.3 Å². The molecule has 31 heavy (non-hydrogen) atoms. The van der Waals surface area contributed by atoms with Crippen LogP contribution < -0.4 is 14.8 Å². The summed E-state index contributed by atoms with van der Waals surface area (Å²) in [5.41, 5.74) is 4.24. The van der Waals surface area contributed by atoms with Crippen LogP contribution in [-0.4, -0.2) is 10.9 Å². The Kier molecular flexibility index (Phi) is 6.21. The van der Waals surface area contributed by atoms with E-state index in [2.05, 4.69) is 16.4 Å². The number of nitrogens with zero attached hydrogens (tertiary/aromatic N) is 2. The Balaban J connectivity index is 1.34. The maximum Gasteiger partial charge on any atom is 0.255 e. The molecule has 0 saturated carbocycles. The Hall–Kier alpha value is -4.15. The molecule has 4 aromatic rings. The van der Waals surface area contributed by atoms with Crippen molar-refractivity contribution < 1.29 is 14.3 Å². The lowest BCUT2D eigenvalue weighted by atomic mass is 10.2. The molecule has 0 aliphatic heterocycles. The van der Waals surface area contributed by atoms with Gasteiger partial charge in [0.05, 0.1) is 16.8 Å². The fourth-order valence-electron chi connectivity index (χ4n) is 2.75. The van der Waals surface area contributed by atoms with Crippen LogP contribution in [-0.2, 0) is 6.61 Å². The van der Waals surface area contributed by atoms with E-state index in [1.165, 1.54) is 11.3 Å². The van der Waals surface area contributed by atoms with Crippen LogP contribution in [0.1, 0.15) is 21.6 Å². The maximum atomic E-state index is 12.5. The zero-order chi connectivity index (χ0) is 21.5. The van der Waals surface area contributed by atoms with Crippen molar-refractivity contribution in [1.29, 1.82) is 5.26 Å². The summed E-state index contributed by atoms with van der Waals surface area (Å²) in [6.07, 6.45) is 0. The highest BCUT2D eigenvalue weighted by molar-refractivity contribution is 7.07. The third kappa shape index (κ3) is 5.26. The fourth-order valence-corrected chi connectivity index (χ4v) is 3.30. The van der Waals surface area contributed by atoms with E-state index in [4.69, 9.17) is 14.7 Å². The number of aromatic nitrogens is 1. The first-order chi connectivity index (χ1) is 15.2. The Labute approximate surface area is 183 Å². The number of benzene rings is 3. The summed E-state index contributed by atoms with van der Waals surface area (Å²) in [5.74, 6) is 1.50. The molecule has 3 aromatic carbocycles. The molecule has 0 fully saturated rings. The van der Waals surface area contributed by atoms with E-state index in [9.17, 15) is 4.79 Å². The van der Waals surface area contributed by atoms with Crippen LogP contribution in [0.25, 0.3) is 0 Å². The molecule has 0 radical (unpaired) electrons. The van der Waals surface area contributed by atoms with Gasteiger partial charge in [-0.1, -0.05) is 12.1 Å². The molecule has 6 nitrogen and oxygen atoms in total. The van der Waals surface area contributed by atoms with Gasteiger partial charge in [-0.25, -0.2) is 4.98 Å². The van der Waals surface area contributed by atoms with E-state index in [-0.39, 0.29) is 5.91 Å².